The Labute approximate surface area is 115 Å². The Morgan fingerprint density at radius 1 is 1.44 bits per heavy atom. The molecule has 102 valence electrons. The van der Waals surface area contributed by atoms with Crippen molar-refractivity contribution in [3.05, 3.63) is 21.9 Å². The van der Waals surface area contributed by atoms with Gasteiger partial charge in [0.15, 0.2) is 0 Å². The Morgan fingerprint density at radius 3 is 2.61 bits per heavy atom. The predicted molar refractivity (Wildman–Crippen MR) is 80.2 cm³/mol. The van der Waals surface area contributed by atoms with Crippen molar-refractivity contribution in [2.24, 2.45) is 11.7 Å². The molecule has 18 heavy (non-hydrogen) atoms. The second-order valence-electron chi connectivity index (χ2n) is 6.59. The number of thiophene rings is 1. The molecule has 3 heteroatoms. The van der Waals surface area contributed by atoms with Gasteiger partial charge in [0.05, 0.1) is 6.04 Å². The molecule has 2 atom stereocenters. The van der Waals surface area contributed by atoms with Gasteiger partial charge in [-0.1, -0.05) is 27.7 Å². The fourth-order valence-electron chi connectivity index (χ4n) is 2.63. The summed E-state index contributed by atoms with van der Waals surface area (Å²) >= 11 is 1.94. The summed E-state index contributed by atoms with van der Waals surface area (Å²) in [4.78, 5) is 5.46. The van der Waals surface area contributed by atoms with E-state index in [1.54, 1.807) is 0 Å². The first-order chi connectivity index (χ1) is 8.41. The molecule has 1 fully saturated rings. The molecule has 1 aliphatic heterocycles. The normalized spacial score (nSPS) is 23.5. The fraction of sp³-hybridized carbons (Fsp3) is 0.733. The molecule has 1 saturated heterocycles. The maximum absolute atomic E-state index is 6.01. The van der Waals surface area contributed by atoms with Gasteiger partial charge in [-0.3, -0.25) is 4.90 Å². The highest BCUT2D eigenvalue weighted by Gasteiger charge is 2.28. The SMILES string of the molecule is CC1CCN(C(CN)c2ccc(C(C)(C)C)s2)C1. The molecule has 2 rings (SSSR count). The minimum Gasteiger partial charge on any atom is -0.329 e. The zero-order valence-electron chi connectivity index (χ0n) is 12.1. The molecule has 2 N–H and O–H groups in total. The van der Waals surface area contributed by atoms with E-state index in [4.69, 9.17) is 5.73 Å². The fourth-order valence-corrected chi connectivity index (χ4v) is 3.85. The van der Waals surface area contributed by atoms with Gasteiger partial charge in [-0.25, -0.2) is 0 Å². The summed E-state index contributed by atoms with van der Waals surface area (Å²) in [5.74, 6) is 0.820. The molecule has 0 aliphatic carbocycles. The van der Waals surface area contributed by atoms with Crippen LogP contribution in [0.5, 0.6) is 0 Å². The maximum Gasteiger partial charge on any atom is 0.0564 e. The second kappa shape index (κ2) is 5.32. The molecule has 1 aromatic rings. The number of nitrogens with two attached hydrogens (primary N) is 1. The van der Waals surface area contributed by atoms with Crippen LogP contribution in [0.15, 0.2) is 12.1 Å². The Hall–Kier alpha value is -0.380. The smallest absolute Gasteiger partial charge is 0.0564 e. The van der Waals surface area contributed by atoms with Gasteiger partial charge in [-0.15, -0.1) is 11.3 Å². The molecule has 0 saturated carbocycles. The van der Waals surface area contributed by atoms with Gasteiger partial charge in [0.2, 0.25) is 0 Å². The van der Waals surface area contributed by atoms with Crippen LogP contribution in [0, 0.1) is 5.92 Å². The van der Waals surface area contributed by atoms with E-state index in [1.807, 2.05) is 11.3 Å². The molecule has 2 unspecified atom stereocenters. The van der Waals surface area contributed by atoms with Crippen molar-refractivity contribution in [1.82, 2.24) is 4.90 Å². The third kappa shape index (κ3) is 2.95. The lowest BCUT2D eigenvalue weighted by atomic mass is 9.95. The molecule has 1 aromatic heterocycles. The van der Waals surface area contributed by atoms with Crippen molar-refractivity contribution in [2.75, 3.05) is 19.6 Å². The van der Waals surface area contributed by atoms with Gasteiger partial charge in [-0.2, -0.15) is 0 Å². The topological polar surface area (TPSA) is 29.3 Å². The van der Waals surface area contributed by atoms with Crippen LogP contribution in [0.3, 0.4) is 0 Å². The molecule has 0 bridgehead atoms. The zero-order chi connectivity index (χ0) is 13.3. The largest absolute Gasteiger partial charge is 0.329 e. The maximum atomic E-state index is 6.01. The minimum atomic E-state index is 0.250. The van der Waals surface area contributed by atoms with Gasteiger partial charge in [0.25, 0.3) is 0 Å². The monoisotopic (exact) mass is 266 g/mol. The van der Waals surface area contributed by atoms with Crippen LogP contribution >= 0.6 is 11.3 Å². The minimum absolute atomic E-state index is 0.250. The van der Waals surface area contributed by atoms with Crippen LogP contribution in [0.2, 0.25) is 0 Å². The van der Waals surface area contributed by atoms with Gasteiger partial charge in [-0.05, 0) is 36.4 Å². The Balaban J connectivity index is 2.15. The first-order valence-corrected chi connectivity index (χ1v) is 7.78. The average Bonchev–Trinajstić information content (AvgIpc) is 2.88. The number of rotatable bonds is 3. The number of nitrogens with zero attached hydrogens (tertiary/aromatic N) is 1. The third-order valence-corrected chi connectivity index (χ3v) is 5.43. The number of hydrogen-bond donors (Lipinski definition) is 1. The molecule has 1 aliphatic rings. The zero-order valence-corrected chi connectivity index (χ0v) is 12.9. The summed E-state index contributed by atoms with van der Waals surface area (Å²) in [7, 11) is 0. The number of likely N-dealkylation sites (tertiary alicyclic amines) is 1. The van der Waals surface area contributed by atoms with Crippen molar-refractivity contribution >= 4 is 11.3 Å². The summed E-state index contributed by atoms with van der Waals surface area (Å²) in [6, 6.07) is 4.99. The Kier molecular flexibility index (Phi) is 4.15. The summed E-state index contributed by atoms with van der Waals surface area (Å²) in [5, 5.41) is 0. The van der Waals surface area contributed by atoms with Crippen LogP contribution in [0.4, 0.5) is 0 Å². The summed E-state index contributed by atoms with van der Waals surface area (Å²) in [5.41, 5.74) is 6.26. The number of hydrogen-bond acceptors (Lipinski definition) is 3. The molecule has 0 aromatic carbocycles. The molecule has 0 radical (unpaired) electrons. The van der Waals surface area contributed by atoms with Gasteiger partial charge in [0, 0.05) is 22.8 Å². The molecule has 2 heterocycles. The van der Waals surface area contributed by atoms with E-state index >= 15 is 0 Å². The van der Waals surface area contributed by atoms with Crippen molar-refractivity contribution in [1.29, 1.82) is 0 Å². The summed E-state index contributed by atoms with van der Waals surface area (Å²) < 4.78 is 0. The molecule has 2 nitrogen and oxygen atoms in total. The molecule has 0 amide bonds. The van der Waals surface area contributed by atoms with E-state index in [1.165, 1.54) is 29.3 Å². The van der Waals surface area contributed by atoms with Crippen LogP contribution in [-0.2, 0) is 5.41 Å². The van der Waals surface area contributed by atoms with Crippen molar-refractivity contribution in [2.45, 2.75) is 45.6 Å². The highest BCUT2D eigenvalue weighted by atomic mass is 32.1. The van der Waals surface area contributed by atoms with Gasteiger partial charge in [0.1, 0.15) is 0 Å². The van der Waals surface area contributed by atoms with Gasteiger partial charge < -0.3 is 5.73 Å². The molecular formula is C15H26N2S. The van der Waals surface area contributed by atoms with Gasteiger partial charge >= 0.3 is 0 Å². The first kappa shape index (κ1) is 14.0. The second-order valence-corrected chi connectivity index (χ2v) is 7.71. The highest BCUT2D eigenvalue weighted by Crippen LogP contribution is 2.35. The molecular weight excluding hydrogens is 240 g/mol. The van der Waals surface area contributed by atoms with E-state index in [2.05, 4.69) is 44.7 Å². The van der Waals surface area contributed by atoms with Crippen molar-refractivity contribution in [3.8, 4) is 0 Å². The van der Waals surface area contributed by atoms with Crippen molar-refractivity contribution < 1.29 is 0 Å². The van der Waals surface area contributed by atoms with Crippen LogP contribution in [0.25, 0.3) is 0 Å². The van der Waals surface area contributed by atoms with E-state index in [9.17, 15) is 0 Å². The van der Waals surface area contributed by atoms with E-state index in [0.29, 0.717) is 6.04 Å². The summed E-state index contributed by atoms with van der Waals surface area (Å²) in [6.07, 6.45) is 1.31. The summed E-state index contributed by atoms with van der Waals surface area (Å²) in [6.45, 7) is 12.3. The predicted octanol–water partition coefficient (Wildman–Crippen LogP) is 3.39. The average molecular weight is 266 g/mol. The highest BCUT2D eigenvalue weighted by molar-refractivity contribution is 7.12. The standard InChI is InChI=1S/C15H26N2S/c1-11-7-8-17(10-11)12(9-16)13-5-6-14(18-13)15(2,3)4/h5-6,11-12H,7-10,16H2,1-4H3. The van der Waals surface area contributed by atoms with E-state index in [0.717, 1.165) is 12.5 Å². The first-order valence-electron chi connectivity index (χ1n) is 6.96. The van der Waals surface area contributed by atoms with Crippen LogP contribution < -0.4 is 5.73 Å². The van der Waals surface area contributed by atoms with E-state index in [-0.39, 0.29) is 5.41 Å². The van der Waals surface area contributed by atoms with Crippen LogP contribution in [-0.4, -0.2) is 24.5 Å². The Morgan fingerprint density at radius 2 is 2.17 bits per heavy atom. The third-order valence-electron chi connectivity index (χ3n) is 3.81. The molecule has 0 spiro atoms. The Bertz CT molecular complexity index is 391. The lowest BCUT2D eigenvalue weighted by Gasteiger charge is -2.25. The van der Waals surface area contributed by atoms with Crippen LogP contribution in [0.1, 0.15) is 49.9 Å². The van der Waals surface area contributed by atoms with E-state index < -0.39 is 0 Å². The quantitative estimate of drug-likeness (QED) is 0.908. The lowest BCUT2D eigenvalue weighted by molar-refractivity contribution is 0.247. The lowest BCUT2D eigenvalue weighted by Crippen LogP contribution is -2.31. The van der Waals surface area contributed by atoms with Crippen molar-refractivity contribution in [3.63, 3.8) is 0 Å².